The summed E-state index contributed by atoms with van der Waals surface area (Å²) >= 11 is 11.9. The van der Waals surface area contributed by atoms with E-state index >= 15 is 0 Å². The first-order valence-electron chi connectivity index (χ1n) is 9.29. The molecule has 1 heterocycles. The molecule has 9 heteroatoms. The summed E-state index contributed by atoms with van der Waals surface area (Å²) in [4.78, 5) is 26.7. The van der Waals surface area contributed by atoms with Crippen LogP contribution in [0.2, 0.25) is 10.0 Å². The van der Waals surface area contributed by atoms with E-state index in [0.717, 1.165) is 5.69 Å². The van der Waals surface area contributed by atoms with E-state index in [9.17, 15) is 14.9 Å². The van der Waals surface area contributed by atoms with E-state index in [1.165, 1.54) is 12.1 Å². The number of non-ortho nitro benzene ring substituents is 1. The van der Waals surface area contributed by atoms with Crippen LogP contribution in [0.15, 0.2) is 42.5 Å². The Hall–Kier alpha value is -2.51. The quantitative estimate of drug-likeness (QED) is 0.364. The van der Waals surface area contributed by atoms with Gasteiger partial charge in [0, 0.05) is 55.4 Å². The number of hydrogen-bond donors (Lipinski definition) is 0. The zero-order chi connectivity index (χ0) is 20.8. The van der Waals surface area contributed by atoms with E-state index in [1.807, 2.05) is 4.90 Å². The highest BCUT2D eigenvalue weighted by Crippen LogP contribution is 2.27. The standard InChI is InChI=1S/C20H21Cl2N3O4/c21-15-3-8-19(18(22)14-15)29-13-1-2-20(26)24-11-9-23(10-12-24)16-4-6-17(7-5-16)25(27)28/h3-8,14H,1-2,9-13H2. The molecule has 0 atom stereocenters. The number of nitro groups is 1. The second kappa shape index (κ2) is 9.80. The number of benzene rings is 2. The van der Waals surface area contributed by atoms with Gasteiger partial charge in [0.25, 0.3) is 5.69 Å². The van der Waals surface area contributed by atoms with Gasteiger partial charge in [-0.25, -0.2) is 0 Å². The molecule has 0 spiro atoms. The number of nitro benzene ring substituents is 1. The molecular formula is C20H21Cl2N3O4. The van der Waals surface area contributed by atoms with Crippen molar-refractivity contribution in [3.63, 3.8) is 0 Å². The molecule has 2 aromatic rings. The molecule has 1 aliphatic heterocycles. The van der Waals surface area contributed by atoms with E-state index in [2.05, 4.69) is 4.90 Å². The Morgan fingerprint density at radius 1 is 1.07 bits per heavy atom. The number of halogens is 2. The van der Waals surface area contributed by atoms with Crippen LogP contribution in [0.3, 0.4) is 0 Å². The average molecular weight is 438 g/mol. The molecule has 0 unspecified atom stereocenters. The summed E-state index contributed by atoms with van der Waals surface area (Å²) in [7, 11) is 0. The lowest BCUT2D eigenvalue weighted by Crippen LogP contribution is -2.48. The maximum atomic E-state index is 12.4. The molecule has 0 radical (unpaired) electrons. The van der Waals surface area contributed by atoms with Gasteiger partial charge < -0.3 is 14.5 Å². The van der Waals surface area contributed by atoms with Gasteiger partial charge in [0.1, 0.15) is 5.75 Å². The third-order valence-corrected chi connectivity index (χ3v) is 5.27. The zero-order valence-corrected chi connectivity index (χ0v) is 17.2. The number of hydrogen-bond acceptors (Lipinski definition) is 5. The number of ether oxygens (including phenoxy) is 1. The van der Waals surface area contributed by atoms with E-state index in [1.54, 1.807) is 30.3 Å². The van der Waals surface area contributed by atoms with Crippen LogP contribution in [0.4, 0.5) is 11.4 Å². The topological polar surface area (TPSA) is 75.9 Å². The Morgan fingerprint density at radius 2 is 1.76 bits per heavy atom. The van der Waals surface area contributed by atoms with Crippen molar-refractivity contribution in [1.82, 2.24) is 4.90 Å². The van der Waals surface area contributed by atoms with Gasteiger partial charge in [0.2, 0.25) is 5.91 Å². The van der Waals surface area contributed by atoms with Crippen LogP contribution in [0.5, 0.6) is 5.75 Å². The number of carbonyl (C=O) groups is 1. The Morgan fingerprint density at radius 3 is 2.38 bits per heavy atom. The Bertz CT molecular complexity index is 869. The minimum Gasteiger partial charge on any atom is -0.492 e. The predicted molar refractivity (Wildman–Crippen MR) is 113 cm³/mol. The summed E-state index contributed by atoms with van der Waals surface area (Å²) in [6, 6.07) is 11.5. The molecule has 154 valence electrons. The van der Waals surface area contributed by atoms with Crippen molar-refractivity contribution in [3.05, 3.63) is 62.6 Å². The van der Waals surface area contributed by atoms with Crippen molar-refractivity contribution in [1.29, 1.82) is 0 Å². The number of rotatable bonds is 7. The fourth-order valence-electron chi connectivity index (χ4n) is 3.16. The molecule has 1 fully saturated rings. The smallest absolute Gasteiger partial charge is 0.269 e. The van der Waals surface area contributed by atoms with Crippen LogP contribution < -0.4 is 9.64 Å². The molecule has 1 saturated heterocycles. The van der Waals surface area contributed by atoms with Crippen molar-refractivity contribution in [2.24, 2.45) is 0 Å². The molecule has 0 N–H and O–H groups in total. The number of piperazine rings is 1. The van der Waals surface area contributed by atoms with Gasteiger partial charge in [0.05, 0.1) is 16.6 Å². The van der Waals surface area contributed by atoms with E-state index < -0.39 is 4.92 Å². The van der Waals surface area contributed by atoms with E-state index in [0.29, 0.717) is 61.4 Å². The second-order valence-electron chi connectivity index (χ2n) is 6.67. The molecule has 0 bridgehead atoms. The highest BCUT2D eigenvalue weighted by atomic mass is 35.5. The van der Waals surface area contributed by atoms with Gasteiger partial charge in [-0.1, -0.05) is 23.2 Å². The lowest BCUT2D eigenvalue weighted by Gasteiger charge is -2.36. The maximum Gasteiger partial charge on any atom is 0.269 e. The van der Waals surface area contributed by atoms with Gasteiger partial charge >= 0.3 is 0 Å². The van der Waals surface area contributed by atoms with Crippen molar-refractivity contribution in [2.75, 3.05) is 37.7 Å². The maximum absolute atomic E-state index is 12.4. The predicted octanol–water partition coefficient (Wildman–Crippen LogP) is 4.41. The molecule has 1 amide bonds. The highest BCUT2D eigenvalue weighted by Gasteiger charge is 2.21. The monoisotopic (exact) mass is 437 g/mol. The Balaban J connectivity index is 1.40. The van der Waals surface area contributed by atoms with E-state index in [4.69, 9.17) is 27.9 Å². The Labute approximate surface area is 178 Å². The molecule has 1 aliphatic rings. The number of anilines is 1. The second-order valence-corrected chi connectivity index (χ2v) is 7.51. The lowest BCUT2D eigenvalue weighted by molar-refractivity contribution is -0.384. The van der Waals surface area contributed by atoms with Crippen LogP contribution in [0.1, 0.15) is 12.8 Å². The van der Waals surface area contributed by atoms with Gasteiger partial charge in [-0.3, -0.25) is 14.9 Å². The first-order valence-corrected chi connectivity index (χ1v) is 10.0. The lowest BCUT2D eigenvalue weighted by atomic mass is 10.2. The molecule has 2 aromatic carbocycles. The normalized spacial score (nSPS) is 14.0. The molecule has 29 heavy (non-hydrogen) atoms. The third kappa shape index (κ3) is 5.74. The summed E-state index contributed by atoms with van der Waals surface area (Å²) in [6.45, 7) is 3.04. The number of nitrogens with zero attached hydrogens (tertiary/aromatic N) is 3. The molecule has 0 aromatic heterocycles. The summed E-state index contributed by atoms with van der Waals surface area (Å²) in [5, 5.41) is 11.7. The van der Waals surface area contributed by atoms with Crippen molar-refractivity contribution in [3.8, 4) is 5.75 Å². The van der Waals surface area contributed by atoms with Crippen LogP contribution in [0, 0.1) is 10.1 Å². The molecule has 7 nitrogen and oxygen atoms in total. The van der Waals surface area contributed by atoms with Crippen molar-refractivity contribution >= 4 is 40.5 Å². The fraction of sp³-hybridized carbons (Fsp3) is 0.350. The van der Waals surface area contributed by atoms with Gasteiger partial charge in [0.15, 0.2) is 0 Å². The van der Waals surface area contributed by atoms with Crippen LogP contribution in [-0.2, 0) is 4.79 Å². The van der Waals surface area contributed by atoms with Crippen molar-refractivity contribution in [2.45, 2.75) is 12.8 Å². The third-order valence-electron chi connectivity index (χ3n) is 4.74. The van der Waals surface area contributed by atoms with Crippen LogP contribution in [-0.4, -0.2) is 48.5 Å². The zero-order valence-electron chi connectivity index (χ0n) is 15.7. The fourth-order valence-corrected chi connectivity index (χ4v) is 3.62. The minimum atomic E-state index is -0.412. The van der Waals surface area contributed by atoms with Crippen molar-refractivity contribution < 1.29 is 14.5 Å². The number of amides is 1. The number of carbonyl (C=O) groups excluding carboxylic acids is 1. The largest absolute Gasteiger partial charge is 0.492 e. The minimum absolute atomic E-state index is 0.0738. The summed E-state index contributed by atoms with van der Waals surface area (Å²) in [6.07, 6.45) is 1.00. The average Bonchev–Trinajstić information content (AvgIpc) is 2.72. The summed E-state index contributed by atoms with van der Waals surface area (Å²) in [5.41, 5.74) is 1.00. The van der Waals surface area contributed by atoms with Gasteiger partial charge in [-0.05, 0) is 36.8 Å². The van der Waals surface area contributed by atoms with Crippen LogP contribution >= 0.6 is 23.2 Å². The molecule has 0 aliphatic carbocycles. The van der Waals surface area contributed by atoms with E-state index in [-0.39, 0.29) is 11.6 Å². The Kier molecular flexibility index (Phi) is 7.17. The SMILES string of the molecule is O=C(CCCOc1ccc(Cl)cc1Cl)N1CCN(c2ccc([N+](=O)[O-])cc2)CC1. The molecule has 0 saturated carbocycles. The highest BCUT2D eigenvalue weighted by molar-refractivity contribution is 6.35. The first kappa shape index (κ1) is 21.2. The summed E-state index contributed by atoms with van der Waals surface area (Å²) < 4.78 is 5.61. The molecular weight excluding hydrogens is 417 g/mol. The molecule has 3 rings (SSSR count). The van der Waals surface area contributed by atoms with Crippen LogP contribution in [0.25, 0.3) is 0 Å². The summed E-state index contributed by atoms with van der Waals surface area (Å²) in [5.74, 6) is 0.652. The first-order chi connectivity index (χ1) is 13.9. The van der Waals surface area contributed by atoms with Gasteiger partial charge in [-0.15, -0.1) is 0 Å². The van der Waals surface area contributed by atoms with Gasteiger partial charge in [-0.2, -0.15) is 0 Å².